The number of carbonyl (C=O) groups excluding carboxylic acids is 2. The van der Waals surface area contributed by atoms with E-state index < -0.39 is 0 Å². The zero-order valence-corrected chi connectivity index (χ0v) is 16.4. The van der Waals surface area contributed by atoms with Crippen molar-refractivity contribution in [2.45, 2.75) is 25.3 Å². The van der Waals surface area contributed by atoms with Gasteiger partial charge in [0.25, 0.3) is 5.91 Å². The lowest BCUT2D eigenvalue weighted by Crippen LogP contribution is -2.41. The Morgan fingerprint density at radius 3 is 2.45 bits per heavy atom. The first-order valence-electron chi connectivity index (χ1n) is 10.5. The number of likely N-dealkylation sites (tertiary alicyclic amines) is 2. The summed E-state index contributed by atoms with van der Waals surface area (Å²) in [6, 6.07) is 13.8. The number of rotatable bonds is 3. The highest BCUT2D eigenvalue weighted by Crippen LogP contribution is 2.46. The van der Waals surface area contributed by atoms with E-state index in [1.807, 2.05) is 23.1 Å². The zero-order valence-electron chi connectivity index (χ0n) is 16.4. The van der Waals surface area contributed by atoms with Crippen LogP contribution in [0.25, 0.3) is 0 Å². The number of carbonyl (C=O) groups is 2. The van der Waals surface area contributed by atoms with Crippen LogP contribution in [0, 0.1) is 17.8 Å². The fourth-order valence-corrected chi connectivity index (χ4v) is 5.12. The number of hydrogen-bond donors (Lipinski definition) is 1. The van der Waals surface area contributed by atoms with Gasteiger partial charge in [0, 0.05) is 43.6 Å². The molecule has 6 heteroatoms. The Morgan fingerprint density at radius 2 is 1.79 bits per heavy atom. The van der Waals surface area contributed by atoms with E-state index in [-0.39, 0.29) is 23.8 Å². The molecule has 2 aromatic rings. The molecule has 2 N–H and O–H groups in total. The minimum absolute atomic E-state index is 0.00409. The molecule has 1 aliphatic carbocycles. The van der Waals surface area contributed by atoms with E-state index in [1.54, 1.807) is 18.3 Å². The number of hydrogen-bond acceptors (Lipinski definition) is 4. The summed E-state index contributed by atoms with van der Waals surface area (Å²) in [5.41, 5.74) is 7.39. The largest absolute Gasteiger partial charge is 0.384 e. The lowest BCUT2D eigenvalue weighted by atomic mass is 9.83. The minimum Gasteiger partial charge on any atom is -0.384 e. The number of nitrogens with zero attached hydrogens (tertiary/aromatic N) is 3. The van der Waals surface area contributed by atoms with Crippen LogP contribution in [-0.2, 0) is 4.79 Å². The van der Waals surface area contributed by atoms with E-state index in [4.69, 9.17) is 5.73 Å². The van der Waals surface area contributed by atoms with Crippen LogP contribution in [0.4, 0.5) is 5.82 Å². The predicted molar refractivity (Wildman–Crippen MR) is 110 cm³/mol. The third-order valence-electron chi connectivity index (χ3n) is 6.86. The number of pyridine rings is 1. The molecule has 0 unspecified atom stereocenters. The minimum atomic E-state index is -0.00409. The van der Waals surface area contributed by atoms with Crippen LogP contribution in [0.2, 0.25) is 0 Å². The average Bonchev–Trinajstić information content (AvgIpc) is 3.25. The summed E-state index contributed by atoms with van der Waals surface area (Å²) in [6.07, 6.45) is 4.74. The van der Waals surface area contributed by atoms with Crippen LogP contribution in [0.1, 0.15) is 41.2 Å². The molecule has 0 spiro atoms. The molecule has 6 nitrogen and oxygen atoms in total. The van der Waals surface area contributed by atoms with E-state index in [9.17, 15) is 9.59 Å². The highest BCUT2D eigenvalue weighted by atomic mass is 16.2. The first kappa shape index (κ1) is 18.2. The van der Waals surface area contributed by atoms with Crippen molar-refractivity contribution >= 4 is 17.6 Å². The molecule has 29 heavy (non-hydrogen) atoms. The molecule has 3 heterocycles. The van der Waals surface area contributed by atoms with Crippen molar-refractivity contribution in [3.63, 3.8) is 0 Å². The van der Waals surface area contributed by atoms with Crippen molar-refractivity contribution in [2.75, 3.05) is 25.4 Å². The second kappa shape index (κ2) is 7.17. The Kier molecular flexibility index (Phi) is 4.49. The molecule has 3 aliphatic rings. The molecule has 2 aliphatic heterocycles. The van der Waals surface area contributed by atoms with Gasteiger partial charge in [0.2, 0.25) is 5.91 Å². The van der Waals surface area contributed by atoms with E-state index in [1.165, 1.54) is 5.56 Å². The fraction of sp³-hybridized carbons (Fsp3) is 0.435. The van der Waals surface area contributed by atoms with Gasteiger partial charge < -0.3 is 15.5 Å². The topological polar surface area (TPSA) is 79.5 Å². The fourth-order valence-electron chi connectivity index (χ4n) is 5.12. The third kappa shape index (κ3) is 3.16. The van der Waals surface area contributed by atoms with Gasteiger partial charge in [-0.1, -0.05) is 36.8 Å². The Balaban J connectivity index is 1.39. The molecule has 0 radical (unpaired) electrons. The van der Waals surface area contributed by atoms with Gasteiger partial charge in [0.15, 0.2) is 0 Å². The number of aromatic nitrogens is 1. The van der Waals surface area contributed by atoms with Gasteiger partial charge in [-0.25, -0.2) is 4.98 Å². The van der Waals surface area contributed by atoms with E-state index >= 15 is 0 Å². The summed E-state index contributed by atoms with van der Waals surface area (Å²) in [4.78, 5) is 34.2. The van der Waals surface area contributed by atoms with Crippen LogP contribution in [0.3, 0.4) is 0 Å². The van der Waals surface area contributed by atoms with Crippen LogP contribution in [-0.4, -0.2) is 46.2 Å². The second-order valence-electron chi connectivity index (χ2n) is 8.58. The van der Waals surface area contributed by atoms with Gasteiger partial charge in [-0.2, -0.15) is 0 Å². The Hall–Kier alpha value is -2.89. The number of anilines is 1. The summed E-state index contributed by atoms with van der Waals surface area (Å²) >= 11 is 0. The number of nitrogens with two attached hydrogens (primary N) is 1. The number of amides is 2. The molecule has 5 rings (SSSR count). The molecule has 1 aromatic heterocycles. The monoisotopic (exact) mass is 390 g/mol. The summed E-state index contributed by atoms with van der Waals surface area (Å²) in [5.74, 6) is 1.49. The summed E-state index contributed by atoms with van der Waals surface area (Å²) < 4.78 is 0. The average molecular weight is 390 g/mol. The van der Waals surface area contributed by atoms with Crippen LogP contribution >= 0.6 is 0 Å². The summed E-state index contributed by atoms with van der Waals surface area (Å²) in [7, 11) is 0. The molecule has 3 fully saturated rings. The Labute approximate surface area is 170 Å². The molecule has 0 bridgehead atoms. The van der Waals surface area contributed by atoms with Crippen molar-refractivity contribution in [2.24, 2.45) is 17.8 Å². The van der Waals surface area contributed by atoms with Crippen molar-refractivity contribution in [1.29, 1.82) is 0 Å². The lowest BCUT2D eigenvalue weighted by molar-refractivity contribution is -0.139. The van der Waals surface area contributed by atoms with Crippen LogP contribution < -0.4 is 5.73 Å². The smallest absolute Gasteiger partial charge is 0.255 e. The Bertz CT molecular complexity index is 910. The van der Waals surface area contributed by atoms with Gasteiger partial charge in [0.1, 0.15) is 5.82 Å². The van der Waals surface area contributed by atoms with Crippen LogP contribution in [0.5, 0.6) is 0 Å². The van der Waals surface area contributed by atoms with Crippen molar-refractivity contribution in [1.82, 2.24) is 14.8 Å². The van der Waals surface area contributed by atoms with Gasteiger partial charge in [-0.15, -0.1) is 0 Å². The predicted octanol–water partition coefficient (Wildman–Crippen LogP) is 2.74. The maximum atomic E-state index is 13.1. The maximum absolute atomic E-state index is 13.1. The number of nitrogen functional groups attached to an aromatic ring is 1. The zero-order chi connectivity index (χ0) is 20.0. The molecule has 1 saturated carbocycles. The van der Waals surface area contributed by atoms with Crippen molar-refractivity contribution in [3.8, 4) is 0 Å². The first-order chi connectivity index (χ1) is 14.1. The summed E-state index contributed by atoms with van der Waals surface area (Å²) in [5, 5.41) is 0. The van der Waals surface area contributed by atoms with E-state index in [0.29, 0.717) is 36.3 Å². The highest BCUT2D eigenvalue weighted by Gasteiger charge is 2.51. The maximum Gasteiger partial charge on any atom is 0.255 e. The van der Waals surface area contributed by atoms with Crippen molar-refractivity contribution in [3.05, 3.63) is 59.8 Å². The quantitative estimate of drug-likeness (QED) is 0.874. The molecule has 150 valence electrons. The highest BCUT2D eigenvalue weighted by molar-refractivity contribution is 5.94. The van der Waals surface area contributed by atoms with Gasteiger partial charge in [-0.3, -0.25) is 9.59 Å². The molecule has 2 saturated heterocycles. The van der Waals surface area contributed by atoms with Crippen LogP contribution in [0.15, 0.2) is 48.7 Å². The lowest BCUT2D eigenvalue weighted by Gasteiger charge is -2.35. The van der Waals surface area contributed by atoms with E-state index in [0.717, 1.165) is 25.8 Å². The molecule has 2 amide bonds. The molecule has 3 atom stereocenters. The number of benzene rings is 1. The number of fused-ring (bicyclic) bond motifs is 1. The molecular weight excluding hydrogens is 364 g/mol. The summed E-state index contributed by atoms with van der Waals surface area (Å²) in [6.45, 7) is 2.09. The van der Waals surface area contributed by atoms with Gasteiger partial charge in [0.05, 0.1) is 11.6 Å². The molecular formula is C23H26N4O2. The van der Waals surface area contributed by atoms with Gasteiger partial charge in [-0.05, 0) is 30.5 Å². The standard InChI is InChI=1S/C23H26N4O2/c24-20-10-9-17(11-25-20)22(28)26-12-18-13-27(23(29)16-7-4-8-16)21(19(18)14-26)15-5-2-1-3-6-15/h1-3,5-6,9-11,16,18-19,21H,4,7-8,12-14H2,(H2,24,25)/t18-,19-,21+/m0/s1. The normalized spacial score (nSPS) is 26.3. The van der Waals surface area contributed by atoms with Crippen molar-refractivity contribution < 1.29 is 9.59 Å². The third-order valence-corrected chi connectivity index (χ3v) is 6.86. The van der Waals surface area contributed by atoms with E-state index in [2.05, 4.69) is 22.0 Å². The second-order valence-corrected chi connectivity index (χ2v) is 8.58. The Morgan fingerprint density at radius 1 is 1.00 bits per heavy atom. The first-order valence-corrected chi connectivity index (χ1v) is 10.5. The SMILES string of the molecule is Nc1ccc(C(=O)N2C[C@H]3CN(C(=O)C4CCC4)[C@H](c4ccccc4)[C@H]3C2)cn1. The molecule has 1 aromatic carbocycles. The van der Waals surface area contributed by atoms with Gasteiger partial charge >= 0.3 is 0 Å².